The van der Waals surface area contributed by atoms with Crippen molar-refractivity contribution in [3.63, 3.8) is 0 Å². The fourth-order valence-electron chi connectivity index (χ4n) is 3.04. The molecule has 0 unspecified atom stereocenters. The SMILES string of the molecule is S=C1N[C@H](c2ccccn2)[C@@H](c2ccc(Br)s2)N1Cc1ccccn1. The number of aromatic nitrogens is 2. The average Bonchev–Trinajstić information content (AvgIpc) is 3.20. The second-order valence-corrected chi connectivity index (χ2v) is 8.60. The van der Waals surface area contributed by atoms with Crippen LogP contribution in [0.2, 0.25) is 0 Å². The minimum Gasteiger partial charge on any atom is -0.352 e. The van der Waals surface area contributed by atoms with Crippen molar-refractivity contribution in [2.75, 3.05) is 0 Å². The number of hydrogen-bond acceptors (Lipinski definition) is 4. The Labute approximate surface area is 164 Å². The molecule has 0 spiro atoms. The summed E-state index contributed by atoms with van der Waals surface area (Å²) in [5.41, 5.74) is 1.98. The van der Waals surface area contributed by atoms with Gasteiger partial charge in [-0.3, -0.25) is 9.97 Å². The molecule has 1 saturated heterocycles. The summed E-state index contributed by atoms with van der Waals surface area (Å²) in [5.74, 6) is 0. The van der Waals surface area contributed by atoms with E-state index < -0.39 is 0 Å². The zero-order valence-electron chi connectivity index (χ0n) is 13.2. The molecule has 4 heterocycles. The van der Waals surface area contributed by atoms with Crippen LogP contribution >= 0.6 is 39.5 Å². The highest BCUT2D eigenvalue weighted by Crippen LogP contribution is 2.42. The van der Waals surface area contributed by atoms with Gasteiger partial charge in [-0.15, -0.1) is 11.3 Å². The lowest BCUT2D eigenvalue weighted by Gasteiger charge is -2.26. The lowest BCUT2D eigenvalue weighted by molar-refractivity contribution is 0.312. The molecule has 0 aromatic carbocycles. The molecule has 126 valence electrons. The van der Waals surface area contributed by atoms with Gasteiger partial charge in [0, 0.05) is 17.3 Å². The summed E-state index contributed by atoms with van der Waals surface area (Å²) < 4.78 is 1.11. The fraction of sp³-hybridized carbons (Fsp3) is 0.167. The first-order valence-electron chi connectivity index (χ1n) is 7.85. The maximum Gasteiger partial charge on any atom is 0.170 e. The molecule has 0 bridgehead atoms. The van der Waals surface area contributed by atoms with Crippen LogP contribution in [0.5, 0.6) is 0 Å². The monoisotopic (exact) mass is 430 g/mol. The summed E-state index contributed by atoms with van der Waals surface area (Å²) >= 11 is 11.0. The van der Waals surface area contributed by atoms with Gasteiger partial charge in [-0.05, 0) is 64.5 Å². The number of hydrogen-bond donors (Lipinski definition) is 1. The van der Waals surface area contributed by atoms with Crippen LogP contribution in [0.1, 0.15) is 28.3 Å². The van der Waals surface area contributed by atoms with Crippen LogP contribution in [0, 0.1) is 0 Å². The molecular formula is C18H15BrN4S2. The van der Waals surface area contributed by atoms with Crippen LogP contribution in [0.4, 0.5) is 0 Å². The van der Waals surface area contributed by atoms with Crippen molar-refractivity contribution in [2.24, 2.45) is 0 Å². The molecule has 0 aliphatic carbocycles. The summed E-state index contributed by atoms with van der Waals surface area (Å²) in [4.78, 5) is 12.5. The molecule has 0 saturated carbocycles. The van der Waals surface area contributed by atoms with Gasteiger partial charge in [-0.25, -0.2) is 0 Å². The molecule has 3 aromatic heterocycles. The molecule has 1 aliphatic heterocycles. The highest BCUT2D eigenvalue weighted by Gasteiger charge is 2.40. The number of halogens is 1. The molecular weight excluding hydrogens is 416 g/mol. The Balaban J connectivity index is 1.72. The van der Waals surface area contributed by atoms with Gasteiger partial charge >= 0.3 is 0 Å². The Hall–Kier alpha value is -1.83. The normalized spacial score (nSPS) is 19.9. The van der Waals surface area contributed by atoms with E-state index in [1.165, 1.54) is 4.88 Å². The zero-order chi connectivity index (χ0) is 17.2. The molecule has 3 aromatic rings. The average molecular weight is 431 g/mol. The van der Waals surface area contributed by atoms with E-state index in [2.05, 4.69) is 48.2 Å². The number of nitrogens with one attached hydrogen (secondary N) is 1. The van der Waals surface area contributed by atoms with Crippen molar-refractivity contribution in [3.8, 4) is 0 Å². The van der Waals surface area contributed by atoms with E-state index in [1.54, 1.807) is 11.3 Å². The minimum absolute atomic E-state index is 0.0166. The lowest BCUT2D eigenvalue weighted by Crippen LogP contribution is -2.29. The Morgan fingerprint density at radius 3 is 2.52 bits per heavy atom. The smallest absolute Gasteiger partial charge is 0.170 e. The first kappa shape index (κ1) is 16.6. The van der Waals surface area contributed by atoms with Gasteiger partial charge in [0.05, 0.1) is 33.8 Å². The molecule has 1 N–H and O–H groups in total. The second kappa shape index (κ2) is 7.19. The van der Waals surface area contributed by atoms with Crippen molar-refractivity contribution >= 4 is 44.6 Å². The summed E-state index contributed by atoms with van der Waals surface area (Å²) in [6, 6.07) is 16.3. The van der Waals surface area contributed by atoms with Gasteiger partial charge in [0.25, 0.3) is 0 Å². The quantitative estimate of drug-likeness (QED) is 0.618. The number of thiophene rings is 1. The molecule has 0 amide bonds. The molecule has 2 atom stereocenters. The van der Waals surface area contributed by atoms with Crippen molar-refractivity contribution in [1.82, 2.24) is 20.2 Å². The number of nitrogens with zero attached hydrogens (tertiary/aromatic N) is 3. The van der Waals surface area contributed by atoms with E-state index in [0.717, 1.165) is 20.3 Å². The lowest BCUT2D eigenvalue weighted by atomic mass is 10.0. The zero-order valence-corrected chi connectivity index (χ0v) is 16.4. The fourth-order valence-corrected chi connectivity index (χ4v) is 4.92. The van der Waals surface area contributed by atoms with E-state index >= 15 is 0 Å². The van der Waals surface area contributed by atoms with Gasteiger partial charge in [0.2, 0.25) is 0 Å². The van der Waals surface area contributed by atoms with Crippen LogP contribution in [-0.2, 0) is 6.54 Å². The van der Waals surface area contributed by atoms with Gasteiger partial charge in [0.15, 0.2) is 5.11 Å². The minimum atomic E-state index is 0.0166. The van der Waals surface area contributed by atoms with Crippen molar-refractivity contribution in [1.29, 1.82) is 0 Å². The highest BCUT2D eigenvalue weighted by atomic mass is 79.9. The van der Waals surface area contributed by atoms with E-state index in [9.17, 15) is 0 Å². The number of thiocarbonyl (C=S) groups is 1. The molecule has 4 nitrogen and oxygen atoms in total. The highest BCUT2D eigenvalue weighted by molar-refractivity contribution is 9.11. The van der Waals surface area contributed by atoms with Crippen LogP contribution in [0.15, 0.2) is 64.7 Å². The van der Waals surface area contributed by atoms with E-state index in [-0.39, 0.29) is 12.1 Å². The predicted molar refractivity (Wildman–Crippen MR) is 107 cm³/mol. The van der Waals surface area contributed by atoms with Gasteiger partial charge in [-0.1, -0.05) is 12.1 Å². The maximum atomic E-state index is 5.65. The predicted octanol–water partition coefficient (Wildman–Crippen LogP) is 4.47. The van der Waals surface area contributed by atoms with Gasteiger partial charge in [0.1, 0.15) is 0 Å². The van der Waals surface area contributed by atoms with E-state index in [0.29, 0.717) is 6.54 Å². The Morgan fingerprint density at radius 2 is 1.88 bits per heavy atom. The van der Waals surface area contributed by atoms with E-state index in [1.807, 2.05) is 48.8 Å². The van der Waals surface area contributed by atoms with E-state index in [4.69, 9.17) is 12.2 Å². The number of pyridine rings is 2. The summed E-state index contributed by atoms with van der Waals surface area (Å²) in [6.45, 7) is 0.663. The summed E-state index contributed by atoms with van der Waals surface area (Å²) in [5, 5.41) is 4.19. The van der Waals surface area contributed by atoms with Crippen LogP contribution < -0.4 is 5.32 Å². The molecule has 25 heavy (non-hydrogen) atoms. The Morgan fingerprint density at radius 1 is 1.08 bits per heavy atom. The van der Waals surface area contributed by atoms with Crippen molar-refractivity contribution in [3.05, 3.63) is 81.0 Å². The molecule has 7 heteroatoms. The Kier molecular flexibility index (Phi) is 4.78. The van der Waals surface area contributed by atoms with Gasteiger partial charge in [-0.2, -0.15) is 0 Å². The van der Waals surface area contributed by atoms with Gasteiger partial charge < -0.3 is 10.2 Å². The standard InChI is InChI=1S/C18H15BrN4S2/c19-15-8-7-14(25-15)17-16(13-6-2-4-10-21-13)22-18(24)23(17)11-12-5-1-3-9-20-12/h1-10,16-17H,11H2,(H,22,24)/t16-,17-/m1/s1. The largest absolute Gasteiger partial charge is 0.352 e. The van der Waals surface area contributed by atoms with Crippen molar-refractivity contribution < 1.29 is 0 Å². The van der Waals surface area contributed by atoms with Crippen molar-refractivity contribution in [2.45, 2.75) is 18.6 Å². The maximum absolute atomic E-state index is 5.65. The first-order chi connectivity index (χ1) is 12.2. The van der Waals surface area contributed by atoms with Crippen LogP contribution in [-0.4, -0.2) is 20.0 Å². The molecule has 1 aliphatic rings. The summed E-state index contributed by atoms with van der Waals surface area (Å²) in [7, 11) is 0. The van der Waals surface area contributed by atoms with Crippen LogP contribution in [0.25, 0.3) is 0 Å². The second-order valence-electron chi connectivity index (χ2n) is 5.72. The topological polar surface area (TPSA) is 41.1 Å². The molecule has 4 rings (SSSR count). The Bertz CT molecular complexity index is 869. The first-order valence-corrected chi connectivity index (χ1v) is 9.87. The third kappa shape index (κ3) is 3.44. The third-order valence-electron chi connectivity index (χ3n) is 4.14. The number of rotatable bonds is 4. The molecule has 0 radical (unpaired) electrons. The third-order valence-corrected chi connectivity index (χ3v) is 6.19. The summed E-state index contributed by atoms with van der Waals surface area (Å²) in [6.07, 6.45) is 3.64. The van der Waals surface area contributed by atoms with Crippen LogP contribution in [0.3, 0.4) is 0 Å². The molecule has 1 fully saturated rings.